The third kappa shape index (κ3) is 9.94. The van der Waals surface area contributed by atoms with E-state index >= 15 is 0 Å². The zero-order valence-electron chi connectivity index (χ0n) is 26.7. The molecule has 2 aliphatic heterocycles. The Morgan fingerprint density at radius 3 is 1.92 bits per heavy atom. The van der Waals surface area contributed by atoms with Crippen molar-refractivity contribution < 1.29 is 49.9 Å². The summed E-state index contributed by atoms with van der Waals surface area (Å²) in [5.41, 5.74) is -1.63. The van der Waals surface area contributed by atoms with Gasteiger partial charge in [-0.05, 0) is 48.4 Å². The minimum absolute atomic E-state index is 0.0124. The maximum absolute atomic E-state index is 13.2. The van der Waals surface area contributed by atoms with Crippen LogP contribution in [-0.4, -0.2) is 58.4 Å². The second kappa shape index (κ2) is 16.0. The van der Waals surface area contributed by atoms with Gasteiger partial charge in [0.2, 0.25) is 11.8 Å². The molecule has 0 aliphatic carbocycles. The van der Waals surface area contributed by atoms with Gasteiger partial charge in [-0.2, -0.15) is 26.3 Å². The molecular formula is C34H36F7N3O4. The summed E-state index contributed by atoms with van der Waals surface area (Å²) in [4.78, 5) is 42.4. The molecule has 3 aromatic carbocycles. The number of rotatable bonds is 4. The standard InChI is InChI=1S/C25H23F6N3O4.C7H7F.C2H6/c1-15-10-34(20-12-32(11-16-5-3-2-4-6-16)21(35)13-33(20)22(15)36)23(37)38-14-17-7-18(24(26,27)28)9-19(8-17)25(29,30)31;1-6-2-4-7(8)5-3-6;1-2/h2-9,15,20H,10-14H2,1H3;2-5H,1H3;1-2H3. The lowest BCUT2D eigenvalue weighted by atomic mass is 10.0. The highest BCUT2D eigenvalue weighted by molar-refractivity contribution is 5.89. The highest BCUT2D eigenvalue weighted by atomic mass is 19.4. The van der Waals surface area contributed by atoms with E-state index in [1.54, 1.807) is 31.2 Å². The van der Waals surface area contributed by atoms with E-state index in [1.165, 1.54) is 26.8 Å². The summed E-state index contributed by atoms with van der Waals surface area (Å²) < 4.78 is 96.2. The van der Waals surface area contributed by atoms with Gasteiger partial charge in [-0.1, -0.05) is 68.8 Å². The zero-order valence-corrected chi connectivity index (χ0v) is 26.7. The number of halogens is 7. The van der Waals surface area contributed by atoms with Crippen molar-refractivity contribution in [2.45, 2.75) is 59.4 Å². The molecule has 7 nitrogen and oxygen atoms in total. The van der Waals surface area contributed by atoms with Crippen molar-refractivity contribution in [3.05, 3.63) is 106 Å². The number of alkyl halides is 6. The Morgan fingerprint density at radius 2 is 1.40 bits per heavy atom. The first-order valence-corrected chi connectivity index (χ1v) is 15.1. The van der Waals surface area contributed by atoms with E-state index < -0.39 is 53.8 Å². The largest absolute Gasteiger partial charge is 0.444 e. The Labute approximate surface area is 273 Å². The molecule has 0 saturated carbocycles. The first-order valence-electron chi connectivity index (χ1n) is 15.1. The molecule has 0 N–H and O–H groups in total. The molecule has 48 heavy (non-hydrogen) atoms. The number of carbonyl (C=O) groups excluding carboxylic acids is 3. The molecular weight excluding hydrogens is 647 g/mol. The molecule has 2 atom stereocenters. The van der Waals surface area contributed by atoms with Crippen LogP contribution >= 0.6 is 0 Å². The minimum atomic E-state index is -5.04. The van der Waals surface area contributed by atoms with Gasteiger partial charge in [-0.25, -0.2) is 9.18 Å². The smallest absolute Gasteiger partial charge is 0.416 e. The van der Waals surface area contributed by atoms with Gasteiger partial charge in [-0.15, -0.1) is 0 Å². The van der Waals surface area contributed by atoms with Gasteiger partial charge >= 0.3 is 18.4 Å². The van der Waals surface area contributed by atoms with Crippen LogP contribution in [0.4, 0.5) is 35.5 Å². The molecule has 14 heteroatoms. The van der Waals surface area contributed by atoms with E-state index in [0.717, 1.165) is 11.1 Å². The van der Waals surface area contributed by atoms with E-state index in [1.807, 2.05) is 39.0 Å². The van der Waals surface area contributed by atoms with Crippen LogP contribution in [0.3, 0.4) is 0 Å². The highest BCUT2D eigenvalue weighted by Crippen LogP contribution is 2.36. The van der Waals surface area contributed by atoms with Gasteiger partial charge < -0.3 is 14.5 Å². The molecule has 3 amide bonds. The van der Waals surface area contributed by atoms with Gasteiger partial charge in [0, 0.05) is 13.1 Å². The van der Waals surface area contributed by atoms with Crippen LogP contribution in [0.5, 0.6) is 0 Å². The first-order chi connectivity index (χ1) is 22.5. The lowest BCUT2D eigenvalue weighted by Crippen LogP contribution is -2.69. The van der Waals surface area contributed by atoms with Crippen LogP contribution in [0.25, 0.3) is 0 Å². The van der Waals surface area contributed by atoms with Crippen molar-refractivity contribution in [3.63, 3.8) is 0 Å². The number of nitrogens with zero attached hydrogens (tertiary/aromatic N) is 3. The molecule has 2 heterocycles. The third-order valence-electron chi connectivity index (χ3n) is 7.41. The molecule has 0 aromatic heterocycles. The van der Waals surface area contributed by atoms with Crippen molar-refractivity contribution in [1.82, 2.24) is 14.7 Å². The summed E-state index contributed by atoms with van der Waals surface area (Å²) in [6.45, 7) is 6.42. The summed E-state index contributed by atoms with van der Waals surface area (Å²) in [6, 6.07) is 16.4. The van der Waals surface area contributed by atoms with Crippen molar-refractivity contribution in [2.75, 3.05) is 19.6 Å². The number of ether oxygens (including phenoxy) is 1. The maximum Gasteiger partial charge on any atom is 0.416 e. The Kier molecular flexibility index (Phi) is 12.6. The second-order valence-corrected chi connectivity index (χ2v) is 11.0. The van der Waals surface area contributed by atoms with Crippen LogP contribution in [0, 0.1) is 18.7 Å². The topological polar surface area (TPSA) is 70.2 Å². The van der Waals surface area contributed by atoms with Gasteiger partial charge in [0.1, 0.15) is 25.1 Å². The van der Waals surface area contributed by atoms with Gasteiger partial charge in [0.25, 0.3) is 0 Å². The second-order valence-electron chi connectivity index (χ2n) is 11.0. The SMILES string of the molecule is CC.CC1CN(C(=O)OCc2cc(C(F)(F)F)cc(C(F)(F)F)c2)C2CN(Cc3ccccc3)C(=O)CN2C1=O.Cc1ccc(F)cc1. The Morgan fingerprint density at radius 1 is 0.833 bits per heavy atom. The number of amides is 3. The summed E-state index contributed by atoms with van der Waals surface area (Å²) in [5, 5.41) is 0. The quantitative estimate of drug-likeness (QED) is 0.265. The Balaban J connectivity index is 0.000000540. The van der Waals surface area contributed by atoms with Crippen LogP contribution in [0.15, 0.2) is 72.8 Å². The summed E-state index contributed by atoms with van der Waals surface area (Å²) >= 11 is 0. The molecule has 0 spiro atoms. The summed E-state index contributed by atoms with van der Waals surface area (Å²) in [5.74, 6) is -1.54. The maximum atomic E-state index is 13.2. The number of benzene rings is 3. The number of carbonyl (C=O) groups is 3. The molecule has 2 saturated heterocycles. The lowest BCUT2D eigenvalue weighted by Gasteiger charge is -2.49. The van der Waals surface area contributed by atoms with Gasteiger partial charge in [0.05, 0.1) is 23.6 Å². The number of hydrogen-bond donors (Lipinski definition) is 0. The monoisotopic (exact) mass is 683 g/mol. The van der Waals surface area contributed by atoms with E-state index in [4.69, 9.17) is 4.74 Å². The molecule has 5 rings (SSSR count). The van der Waals surface area contributed by atoms with E-state index in [0.29, 0.717) is 12.1 Å². The van der Waals surface area contributed by atoms with Crippen LogP contribution in [-0.2, 0) is 39.8 Å². The predicted octanol–water partition coefficient (Wildman–Crippen LogP) is 7.67. The molecule has 0 bridgehead atoms. The van der Waals surface area contributed by atoms with Gasteiger partial charge in [0.15, 0.2) is 0 Å². The van der Waals surface area contributed by atoms with Crippen LogP contribution in [0.1, 0.15) is 48.6 Å². The van der Waals surface area contributed by atoms with Gasteiger partial charge in [-0.3, -0.25) is 14.5 Å². The molecule has 2 unspecified atom stereocenters. The number of hydrogen-bond acceptors (Lipinski definition) is 4. The lowest BCUT2D eigenvalue weighted by molar-refractivity contribution is -0.164. The fraction of sp³-hybridized carbons (Fsp3) is 0.382. The summed E-state index contributed by atoms with van der Waals surface area (Å²) in [7, 11) is 0. The van der Waals surface area contributed by atoms with E-state index in [9.17, 15) is 45.1 Å². The van der Waals surface area contributed by atoms with Crippen LogP contribution < -0.4 is 0 Å². The number of piperazine rings is 1. The van der Waals surface area contributed by atoms with Crippen molar-refractivity contribution in [1.29, 1.82) is 0 Å². The predicted molar refractivity (Wildman–Crippen MR) is 162 cm³/mol. The van der Waals surface area contributed by atoms with Crippen molar-refractivity contribution in [2.24, 2.45) is 5.92 Å². The van der Waals surface area contributed by atoms with Crippen molar-refractivity contribution in [3.8, 4) is 0 Å². The van der Waals surface area contributed by atoms with E-state index in [2.05, 4.69) is 0 Å². The molecule has 2 aliphatic rings. The minimum Gasteiger partial charge on any atom is -0.444 e. The summed E-state index contributed by atoms with van der Waals surface area (Å²) in [6.07, 6.45) is -12.0. The van der Waals surface area contributed by atoms with Crippen LogP contribution in [0.2, 0.25) is 0 Å². The normalized spacial score (nSPS) is 17.9. The van der Waals surface area contributed by atoms with E-state index in [-0.39, 0.29) is 49.9 Å². The Bertz CT molecular complexity index is 1490. The highest BCUT2D eigenvalue weighted by Gasteiger charge is 2.46. The number of fused-ring (bicyclic) bond motifs is 1. The molecule has 260 valence electrons. The van der Waals surface area contributed by atoms with Crippen molar-refractivity contribution >= 4 is 17.9 Å². The zero-order chi connectivity index (χ0) is 35.8. The molecule has 3 aromatic rings. The fourth-order valence-electron chi connectivity index (χ4n) is 5.03. The Hall–Kier alpha value is -4.62. The average molecular weight is 684 g/mol. The average Bonchev–Trinajstić information content (AvgIpc) is 3.04. The molecule has 2 fully saturated rings. The third-order valence-corrected chi connectivity index (χ3v) is 7.41. The number of aryl methyl sites for hydroxylation is 1. The molecule has 0 radical (unpaired) electrons. The fourth-order valence-corrected chi connectivity index (χ4v) is 5.03. The first kappa shape index (κ1) is 37.8.